The summed E-state index contributed by atoms with van der Waals surface area (Å²) in [6.07, 6.45) is 0.466. The van der Waals surface area contributed by atoms with Crippen molar-refractivity contribution < 1.29 is 14.7 Å². The lowest BCUT2D eigenvalue weighted by Crippen LogP contribution is -2.35. The number of aryl methyl sites for hydroxylation is 1. The molecule has 8 heteroatoms. The standard InChI is InChI=1S/C9H14N4O3S/c1-3-6(7(14)15)4-10-8(16)11-9-13-12-5(2)17-9/h6H,3-4H2,1-2H3,(H,14,15)(H2,10,11,13,16). The van der Waals surface area contributed by atoms with Gasteiger partial charge in [0.15, 0.2) is 0 Å². The molecule has 17 heavy (non-hydrogen) atoms. The second kappa shape index (κ2) is 6.14. The number of carboxylic acid groups (broad SMARTS) is 1. The normalized spacial score (nSPS) is 11.9. The van der Waals surface area contributed by atoms with E-state index >= 15 is 0 Å². The SMILES string of the molecule is CCC(CNC(=O)Nc1nnc(C)s1)C(=O)O. The largest absolute Gasteiger partial charge is 0.481 e. The van der Waals surface area contributed by atoms with Crippen molar-refractivity contribution in [1.82, 2.24) is 15.5 Å². The lowest BCUT2D eigenvalue weighted by atomic mass is 10.1. The first-order chi connectivity index (χ1) is 8.02. The van der Waals surface area contributed by atoms with Gasteiger partial charge in [-0.25, -0.2) is 4.79 Å². The van der Waals surface area contributed by atoms with E-state index in [-0.39, 0.29) is 6.54 Å². The van der Waals surface area contributed by atoms with Crippen LogP contribution in [0.3, 0.4) is 0 Å². The van der Waals surface area contributed by atoms with Crippen molar-refractivity contribution in [2.45, 2.75) is 20.3 Å². The van der Waals surface area contributed by atoms with Crippen LogP contribution in [-0.4, -0.2) is 33.8 Å². The predicted octanol–water partition coefficient (Wildman–Crippen LogP) is 1.08. The molecule has 0 saturated heterocycles. The number of anilines is 1. The second-order valence-corrected chi connectivity index (χ2v) is 4.59. The highest BCUT2D eigenvalue weighted by Crippen LogP contribution is 2.13. The van der Waals surface area contributed by atoms with E-state index in [0.29, 0.717) is 11.6 Å². The Kier molecular flexibility index (Phi) is 4.83. The maximum Gasteiger partial charge on any atom is 0.321 e. The highest BCUT2D eigenvalue weighted by Gasteiger charge is 2.16. The molecule has 0 saturated carbocycles. The van der Waals surface area contributed by atoms with Crippen LogP contribution in [0.1, 0.15) is 18.4 Å². The van der Waals surface area contributed by atoms with Gasteiger partial charge in [-0.05, 0) is 13.3 Å². The van der Waals surface area contributed by atoms with E-state index in [1.807, 2.05) is 0 Å². The number of carboxylic acids is 1. The molecule has 0 aliphatic heterocycles. The summed E-state index contributed by atoms with van der Waals surface area (Å²) < 4.78 is 0. The molecule has 0 bridgehead atoms. The van der Waals surface area contributed by atoms with Crippen molar-refractivity contribution in [2.75, 3.05) is 11.9 Å². The molecule has 7 nitrogen and oxygen atoms in total. The first-order valence-electron chi connectivity index (χ1n) is 5.10. The van der Waals surface area contributed by atoms with Crippen LogP contribution in [0, 0.1) is 12.8 Å². The fraction of sp³-hybridized carbons (Fsp3) is 0.556. The van der Waals surface area contributed by atoms with E-state index in [2.05, 4.69) is 20.8 Å². The lowest BCUT2D eigenvalue weighted by molar-refractivity contribution is -0.141. The first-order valence-corrected chi connectivity index (χ1v) is 5.92. The summed E-state index contributed by atoms with van der Waals surface area (Å²) in [4.78, 5) is 22.1. The number of amides is 2. The Morgan fingerprint density at radius 1 is 1.47 bits per heavy atom. The second-order valence-electron chi connectivity index (χ2n) is 3.40. The van der Waals surface area contributed by atoms with Gasteiger partial charge in [-0.3, -0.25) is 10.1 Å². The molecule has 0 spiro atoms. The fourth-order valence-corrected chi connectivity index (χ4v) is 1.70. The Labute approximate surface area is 102 Å². The van der Waals surface area contributed by atoms with Crippen molar-refractivity contribution in [2.24, 2.45) is 5.92 Å². The van der Waals surface area contributed by atoms with Gasteiger partial charge >= 0.3 is 12.0 Å². The predicted molar refractivity (Wildman–Crippen MR) is 63.1 cm³/mol. The summed E-state index contributed by atoms with van der Waals surface area (Å²) >= 11 is 1.25. The number of aromatic nitrogens is 2. The molecule has 1 aromatic heterocycles. The molecule has 3 N–H and O–H groups in total. The molecule has 1 aromatic rings. The van der Waals surface area contributed by atoms with Gasteiger partial charge in [-0.1, -0.05) is 18.3 Å². The van der Waals surface area contributed by atoms with Crippen LogP contribution in [0.25, 0.3) is 0 Å². The van der Waals surface area contributed by atoms with Crippen LogP contribution >= 0.6 is 11.3 Å². The minimum atomic E-state index is -0.917. The number of hydrogen-bond acceptors (Lipinski definition) is 5. The average Bonchev–Trinajstić information content (AvgIpc) is 2.64. The molecule has 0 aromatic carbocycles. The molecule has 0 aliphatic rings. The smallest absolute Gasteiger partial charge is 0.321 e. The molecule has 2 amide bonds. The summed E-state index contributed by atoms with van der Waals surface area (Å²) in [5, 5.41) is 22.4. The van der Waals surface area contributed by atoms with Crippen molar-refractivity contribution in [3.8, 4) is 0 Å². The number of rotatable bonds is 5. The molecule has 1 rings (SSSR count). The van der Waals surface area contributed by atoms with E-state index in [1.165, 1.54) is 11.3 Å². The number of carbonyl (C=O) groups excluding carboxylic acids is 1. The Morgan fingerprint density at radius 3 is 2.65 bits per heavy atom. The van der Waals surface area contributed by atoms with Crippen LogP contribution in [0.4, 0.5) is 9.93 Å². The summed E-state index contributed by atoms with van der Waals surface area (Å²) in [6, 6.07) is -0.471. The van der Waals surface area contributed by atoms with Gasteiger partial charge in [0.05, 0.1) is 5.92 Å². The van der Waals surface area contributed by atoms with Crippen molar-refractivity contribution in [3.63, 3.8) is 0 Å². The van der Waals surface area contributed by atoms with Crippen LogP contribution < -0.4 is 10.6 Å². The summed E-state index contributed by atoms with van der Waals surface area (Å²) in [7, 11) is 0. The molecule has 0 fully saturated rings. The number of nitrogens with zero attached hydrogens (tertiary/aromatic N) is 2. The van der Waals surface area contributed by atoms with E-state index in [4.69, 9.17) is 5.11 Å². The lowest BCUT2D eigenvalue weighted by Gasteiger charge is -2.10. The minimum absolute atomic E-state index is 0.0927. The number of carbonyl (C=O) groups is 2. The van der Waals surface area contributed by atoms with Crippen LogP contribution in [0.5, 0.6) is 0 Å². The quantitative estimate of drug-likeness (QED) is 0.733. The third-order valence-electron chi connectivity index (χ3n) is 2.10. The Hall–Kier alpha value is -1.70. The third-order valence-corrected chi connectivity index (χ3v) is 2.85. The summed E-state index contributed by atoms with van der Waals surface area (Å²) in [5.74, 6) is -1.49. The van der Waals surface area contributed by atoms with Crippen molar-refractivity contribution >= 4 is 28.5 Å². The highest BCUT2D eigenvalue weighted by atomic mass is 32.1. The molecule has 0 radical (unpaired) electrons. The maximum atomic E-state index is 11.4. The van der Waals surface area contributed by atoms with E-state index in [1.54, 1.807) is 13.8 Å². The van der Waals surface area contributed by atoms with E-state index in [0.717, 1.165) is 5.01 Å². The van der Waals surface area contributed by atoms with Crippen LogP contribution in [0.2, 0.25) is 0 Å². The van der Waals surface area contributed by atoms with Crippen molar-refractivity contribution in [3.05, 3.63) is 5.01 Å². The van der Waals surface area contributed by atoms with Crippen molar-refractivity contribution in [1.29, 1.82) is 0 Å². The zero-order chi connectivity index (χ0) is 12.8. The van der Waals surface area contributed by atoms with Gasteiger partial charge in [-0.2, -0.15) is 0 Å². The minimum Gasteiger partial charge on any atom is -0.481 e. The molecule has 94 valence electrons. The third kappa shape index (κ3) is 4.35. The highest BCUT2D eigenvalue weighted by molar-refractivity contribution is 7.15. The number of urea groups is 1. The van der Waals surface area contributed by atoms with E-state index in [9.17, 15) is 9.59 Å². The molecule has 1 unspecified atom stereocenters. The zero-order valence-corrected chi connectivity index (χ0v) is 10.4. The monoisotopic (exact) mass is 258 g/mol. The molecule has 1 heterocycles. The van der Waals surface area contributed by atoms with Crippen LogP contribution in [-0.2, 0) is 4.79 Å². The van der Waals surface area contributed by atoms with E-state index < -0.39 is 17.9 Å². The number of aliphatic carboxylic acids is 1. The van der Waals surface area contributed by atoms with Gasteiger partial charge in [0.2, 0.25) is 5.13 Å². The molecular weight excluding hydrogens is 244 g/mol. The summed E-state index contributed by atoms with van der Waals surface area (Å²) in [5.41, 5.74) is 0. The summed E-state index contributed by atoms with van der Waals surface area (Å²) in [6.45, 7) is 3.63. The van der Waals surface area contributed by atoms with Gasteiger partial charge in [0.25, 0.3) is 0 Å². The van der Waals surface area contributed by atoms with Gasteiger partial charge in [0, 0.05) is 6.54 Å². The molecule has 1 atom stereocenters. The first kappa shape index (κ1) is 13.4. The van der Waals surface area contributed by atoms with Crippen LogP contribution in [0.15, 0.2) is 0 Å². The Bertz CT molecular complexity index is 407. The zero-order valence-electron chi connectivity index (χ0n) is 9.56. The Morgan fingerprint density at radius 2 is 2.18 bits per heavy atom. The van der Waals surface area contributed by atoms with Gasteiger partial charge < -0.3 is 10.4 Å². The number of hydrogen-bond donors (Lipinski definition) is 3. The Balaban J connectivity index is 2.37. The van der Waals surface area contributed by atoms with Gasteiger partial charge in [-0.15, -0.1) is 10.2 Å². The molecular formula is C9H14N4O3S. The number of nitrogens with one attached hydrogen (secondary N) is 2. The fourth-order valence-electron chi connectivity index (χ4n) is 1.11. The maximum absolute atomic E-state index is 11.4. The topological polar surface area (TPSA) is 104 Å². The average molecular weight is 258 g/mol. The molecule has 0 aliphatic carbocycles. The van der Waals surface area contributed by atoms with Gasteiger partial charge in [0.1, 0.15) is 5.01 Å².